The summed E-state index contributed by atoms with van der Waals surface area (Å²) in [5.74, 6) is -5.31. The number of H-pyrrole nitrogens is 3. The fourth-order valence-corrected chi connectivity index (χ4v) is 5.38. The third-order valence-corrected chi connectivity index (χ3v) is 7.79. The normalized spacial score (nSPS) is 13.8. The van der Waals surface area contributed by atoms with Gasteiger partial charge in [-0.3, -0.25) is 19.2 Å². The molecule has 3 heterocycles. The molecule has 10 N–H and O–H groups in total. The number of carbonyl (C=O) groups excluding carboxylic acids is 3. The quantitative estimate of drug-likeness (QED) is 0.0780. The maximum atomic E-state index is 13.5. The number of nitrogens with one attached hydrogen (secondary N) is 6. The van der Waals surface area contributed by atoms with Crippen LogP contribution in [0.2, 0.25) is 0 Å². The van der Waals surface area contributed by atoms with E-state index in [2.05, 4.69) is 35.9 Å². The van der Waals surface area contributed by atoms with Crippen LogP contribution in [-0.4, -0.2) is 84.0 Å². The lowest BCUT2D eigenvalue weighted by Crippen LogP contribution is -2.58. The van der Waals surface area contributed by atoms with Crippen LogP contribution in [0.15, 0.2) is 73.4 Å². The van der Waals surface area contributed by atoms with Crippen LogP contribution in [0.25, 0.3) is 21.8 Å². The van der Waals surface area contributed by atoms with E-state index in [1.807, 2.05) is 36.4 Å². The molecule has 47 heavy (non-hydrogen) atoms. The van der Waals surface area contributed by atoms with Gasteiger partial charge in [-0.2, -0.15) is 0 Å². The number of amides is 3. The van der Waals surface area contributed by atoms with Gasteiger partial charge in [-0.25, -0.2) is 9.78 Å². The monoisotopic (exact) mass is 642 g/mol. The van der Waals surface area contributed by atoms with Gasteiger partial charge in [0.05, 0.1) is 18.8 Å². The molecule has 0 saturated carbocycles. The van der Waals surface area contributed by atoms with Gasteiger partial charge in [0.25, 0.3) is 0 Å². The van der Waals surface area contributed by atoms with E-state index in [4.69, 9.17) is 5.73 Å². The Labute approximate surface area is 267 Å². The third-order valence-electron chi connectivity index (χ3n) is 7.79. The topological polar surface area (TPSA) is 248 Å². The molecule has 15 heteroatoms. The van der Waals surface area contributed by atoms with Crippen LogP contribution in [0.3, 0.4) is 0 Å². The van der Waals surface area contributed by atoms with Crippen molar-refractivity contribution in [2.45, 2.75) is 49.9 Å². The number of carboxylic acids is 2. The number of fused-ring (bicyclic) bond motifs is 2. The Morgan fingerprint density at radius 1 is 0.702 bits per heavy atom. The number of hydrogen-bond acceptors (Lipinski definition) is 7. The Kier molecular flexibility index (Phi) is 9.96. The Balaban J connectivity index is 1.29. The molecule has 0 aliphatic heterocycles. The zero-order valence-electron chi connectivity index (χ0n) is 25.0. The first-order valence-corrected chi connectivity index (χ1v) is 14.8. The summed E-state index contributed by atoms with van der Waals surface area (Å²) in [7, 11) is 0. The molecule has 2 aromatic carbocycles. The van der Waals surface area contributed by atoms with Gasteiger partial charge in [0, 0.05) is 58.9 Å². The van der Waals surface area contributed by atoms with Crippen LogP contribution in [0, 0.1) is 0 Å². The van der Waals surface area contributed by atoms with Gasteiger partial charge in [-0.1, -0.05) is 36.4 Å². The number of aliphatic carboxylic acids is 2. The highest BCUT2D eigenvalue weighted by Crippen LogP contribution is 2.20. The number of nitrogens with two attached hydrogens (primary N) is 1. The molecular weight excluding hydrogens is 608 g/mol. The minimum Gasteiger partial charge on any atom is -0.481 e. The summed E-state index contributed by atoms with van der Waals surface area (Å²) in [6.07, 6.45) is 5.34. The molecule has 3 amide bonds. The summed E-state index contributed by atoms with van der Waals surface area (Å²) < 4.78 is 0. The summed E-state index contributed by atoms with van der Waals surface area (Å²) in [6.45, 7) is 0. The minimum atomic E-state index is -1.66. The molecule has 0 fully saturated rings. The van der Waals surface area contributed by atoms with Gasteiger partial charge < -0.3 is 46.8 Å². The second-order valence-corrected chi connectivity index (χ2v) is 11.1. The first-order valence-electron chi connectivity index (χ1n) is 14.8. The molecule has 15 nitrogen and oxygen atoms in total. The molecule has 4 unspecified atom stereocenters. The van der Waals surface area contributed by atoms with Crippen molar-refractivity contribution in [3.05, 3.63) is 90.3 Å². The number of hydrogen-bond donors (Lipinski definition) is 9. The highest BCUT2D eigenvalue weighted by atomic mass is 16.4. The van der Waals surface area contributed by atoms with Crippen molar-refractivity contribution in [3.63, 3.8) is 0 Å². The van der Waals surface area contributed by atoms with Gasteiger partial charge in [-0.05, 0) is 29.7 Å². The molecular formula is C32H34N8O7. The molecule has 5 rings (SSSR count). The lowest BCUT2D eigenvalue weighted by molar-refractivity contribution is -0.143. The van der Waals surface area contributed by atoms with Crippen molar-refractivity contribution >= 4 is 51.5 Å². The summed E-state index contributed by atoms with van der Waals surface area (Å²) >= 11 is 0. The Morgan fingerprint density at radius 3 is 1.83 bits per heavy atom. The van der Waals surface area contributed by atoms with Gasteiger partial charge in [0.15, 0.2) is 0 Å². The number of rotatable bonds is 15. The van der Waals surface area contributed by atoms with E-state index in [1.165, 1.54) is 12.5 Å². The van der Waals surface area contributed by atoms with Crippen molar-refractivity contribution in [2.24, 2.45) is 5.73 Å². The number of carboxylic acid groups (broad SMARTS) is 2. The van der Waals surface area contributed by atoms with Crippen LogP contribution < -0.4 is 21.7 Å². The Hall–Kier alpha value is -5.96. The number of aromatic amines is 3. The summed E-state index contributed by atoms with van der Waals surface area (Å²) in [5, 5.41) is 28.4. The van der Waals surface area contributed by atoms with Gasteiger partial charge in [0.2, 0.25) is 17.7 Å². The predicted octanol–water partition coefficient (Wildman–Crippen LogP) is 0.741. The van der Waals surface area contributed by atoms with E-state index < -0.39 is 60.2 Å². The van der Waals surface area contributed by atoms with Crippen molar-refractivity contribution in [1.29, 1.82) is 0 Å². The second-order valence-electron chi connectivity index (χ2n) is 11.1. The number of nitrogens with zero attached hydrogens (tertiary/aromatic N) is 1. The van der Waals surface area contributed by atoms with Crippen molar-refractivity contribution in [1.82, 2.24) is 35.9 Å². The average Bonchev–Trinajstić information content (AvgIpc) is 3.81. The molecule has 0 bridgehead atoms. The van der Waals surface area contributed by atoms with Crippen molar-refractivity contribution < 1.29 is 34.2 Å². The highest BCUT2D eigenvalue weighted by molar-refractivity contribution is 5.96. The SMILES string of the molecule is NC(Cc1c[nH]c2ccccc12)C(=O)NC(Cc1cnc[nH]1)C(=O)NC(CC(=O)O)C(=O)NC(Cc1c[nH]c2ccccc12)C(=O)O. The zero-order chi connectivity index (χ0) is 33.5. The van der Waals surface area contributed by atoms with Gasteiger partial charge in [0.1, 0.15) is 18.1 Å². The van der Waals surface area contributed by atoms with Crippen molar-refractivity contribution in [3.8, 4) is 0 Å². The first kappa shape index (κ1) is 32.4. The first-order chi connectivity index (χ1) is 22.6. The van der Waals surface area contributed by atoms with E-state index >= 15 is 0 Å². The highest BCUT2D eigenvalue weighted by Gasteiger charge is 2.32. The molecule has 5 aromatic rings. The van der Waals surface area contributed by atoms with E-state index in [1.54, 1.807) is 24.5 Å². The van der Waals surface area contributed by atoms with Gasteiger partial charge in [-0.15, -0.1) is 0 Å². The fourth-order valence-electron chi connectivity index (χ4n) is 5.38. The summed E-state index contributed by atoms with van der Waals surface area (Å²) in [6, 6.07) is 9.31. The molecule has 244 valence electrons. The lowest BCUT2D eigenvalue weighted by atomic mass is 10.0. The van der Waals surface area contributed by atoms with E-state index in [0.717, 1.165) is 27.4 Å². The van der Waals surface area contributed by atoms with Crippen LogP contribution >= 0.6 is 0 Å². The van der Waals surface area contributed by atoms with Gasteiger partial charge >= 0.3 is 11.9 Å². The summed E-state index contributed by atoms with van der Waals surface area (Å²) in [5.41, 5.74) is 9.78. The standard InChI is InChI=1S/C32H34N8O7/c33-22(9-17-13-35-23-7-3-1-5-20(17)23)29(43)38-25(11-19-15-34-16-37-19)30(44)39-26(12-28(41)42)31(45)40-27(32(46)47)10-18-14-36-24-8-4-2-6-21(18)24/h1-8,13-16,22,25-27,35-36H,9-12,33H2,(H,34,37)(H,38,43)(H,39,44)(H,40,45)(H,41,42)(H,46,47). The Morgan fingerprint density at radius 2 is 1.26 bits per heavy atom. The average molecular weight is 643 g/mol. The maximum Gasteiger partial charge on any atom is 0.326 e. The van der Waals surface area contributed by atoms with Crippen LogP contribution in [0.4, 0.5) is 0 Å². The number of carbonyl (C=O) groups is 5. The maximum absolute atomic E-state index is 13.5. The fraction of sp³-hybridized carbons (Fsp3) is 0.250. The third kappa shape index (κ3) is 8.01. The Bertz CT molecular complexity index is 1900. The number of imidazole rings is 1. The van der Waals surface area contributed by atoms with Crippen LogP contribution in [-0.2, 0) is 43.2 Å². The lowest BCUT2D eigenvalue weighted by Gasteiger charge is -2.24. The molecule has 0 radical (unpaired) electrons. The molecule has 0 spiro atoms. The molecule has 4 atom stereocenters. The largest absolute Gasteiger partial charge is 0.481 e. The molecule has 3 aromatic heterocycles. The molecule has 0 aliphatic carbocycles. The number of aromatic nitrogens is 4. The molecule has 0 aliphatic rings. The van der Waals surface area contributed by atoms with Crippen LogP contribution in [0.5, 0.6) is 0 Å². The smallest absolute Gasteiger partial charge is 0.326 e. The summed E-state index contributed by atoms with van der Waals surface area (Å²) in [4.78, 5) is 76.8. The number of para-hydroxylation sites is 2. The zero-order valence-corrected chi connectivity index (χ0v) is 25.0. The minimum absolute atomic E-state index is 0.0862. The van der Waals surface area contributed by atoms with E-state index in [9.17, 15) is 34.2 Å². The number of benzene rings is 2. The van der Waals surface area contributed by atoms with Crippen LogP contribution in [0.1, 0.15) is 23.2 Å². The van der Waals surface area contributed by atoms with Crippen molar-refractivity contribution in [2.75, 3.05) is 0 Å². The van der Waals surface area contributed by atoms with E-state index in [0.29, 0.717) is 11.3 Å². The molecule has 0 saturated heterocycles. The van der Waals surface area contributed by atoms with E-state index in [-0.39, 0.29) is 19.3 Å². The predicted molar refractivity (Wildman–Crippen MR) is 170 cm³/mol. The second kappa shape index (κ2) is 14.4.